The first-order valence-electron chi connectivity index (χ1n) is 7.06. The third-order valence-corrected chi connectivity index (χ3v) is 3.16. The first-order valence-corrected chi connectivity index (χ1v) is 7.06. The van der Waals surface area contributed by atoms with Crippen LogP contribution < -0.4 is 5.32 Å². The van der Waals surface area contributed by atoms with Gasteiger partial charge in [-0.15, -0.1) is 0 Å². The summed E-state index contributed by atoms with van der Waals surface area (Å²) in [5, 5.41) is 3.62. The number of rotatable bonds is 12. The van der Waals surface area contributed by atoms with Crippen LogP contribution in [-0.4, -0.2) is 39.5 Å². The van der Waals surface area contributed by atoms with Crippen molar-refractivity contribution in [3.05, 3.63) is 0 Å². The Bertz CT molecular complexity index is 153. The van der Waals surface area contributed by atoms with Crippen LogP contribution in [-0.2, 0) is 9.47 Å². The van der Waals surface area contributed by atoms with Gasteiger partial charge in [-0.3, -0.25) is 0 Å². The normalized spacial score (nSPS) is 14.8. The molecule has 0 aromatic heterocycles. The van der Waals surface area contributed by atoms with Crippen LogP contribution in [0.4, 0.5) is 0 Å². The van der Waals surface area contributed by atoms with E-state index in [2.05, 4.69) is 26.1 Å². The summed E-state index contributed by atoms with van der Waals surface area (Å²) < 4.78 is 10.4. The summed E-state index contributed by atoms with van der Waals surface area (Å²) in [6.45, 7) is 10.2. The van der Waals surface area contributed by atoms with E-state index in [1.54, 1.807) is 7.11 Å². The van der Waals surface area contributed by atoms with Gasteiger partial charge in [0, 0.05) is 19.8 Å². The van der Waals surface area contributed by atoms with Gasteiger partial charge in [0.05, 0.1) is 13.2 Å². The van der Waals surface area contributed by atoms with Gasteiger partial charge in [0.15, 0.2) is 0 Å². The van der Waals surface area contributed by atoms with Crippen molar-refractivity contribution in [1.29, 1.82) is 0 Å². The van der Waals surface area contributed by atoms with Gasteiger partial charge in [0.1, 0.15) is 0 Å². The summed E-state index contributed by atoms with van der Waals surface area (Å²) >= 11 is 0. The second kappa shape index (κ2) is 12.3. The van der Waals surface area contributed by atoms with E-state index in [9.17, 15) is 0 Å². The van der Waals surface area contributed by atoms with E-state index in [0.717, 1.165) is 32.1 Å². The number of nitrogens with one attached hydrogen (secondary N) is 1. The molecule has 0 aliphatic carbocycles. The second-order valence-electron chi connectivity index (χ2n) is 4.69. The fourth-order valence-corrected chi connectivity index (χ4v) is 2.03. The highest BCUT2D eigenvalue weighted by Gasteiger charge is 2.13. The van der Waals surface area contributed by atoms with Gasteiger partial charge >= 0.3 is 0 Å². The number of ether oxygens (including phenoxy) is 2. The van der Waals surface area contributed by atoms with Crippen LogP contribution in [0.1, 0.15) is 46.5 Å². The molecule has 0 saturated carbocycles. The molecular weight excluding hydrogens is 214 g/mol. The molecule has 3 nitrogen and oxygen atoms in total. The Labute approximate surface area is 107 Å². The van der Waals surface area contributed by atoms with Gasteiger partial charge in [0.2, 0.25) is 0 Å². The Kier molecular flexibility index (Phi) is 12.3. The largest absolute Gasteiger partial charge is 0.382 e. The first kappa shape index (κ1) is 16.9. The minimum atomic E-state index is 0.661. The highest BCUT2D eigenvalue weighted by molar-refractivity contribution is 4.71. The summed E-state index contributed by atoms with van der Waals surface area (Å²) in [5.74, 6) is 0.734. The monoisotopic (exact) mass is 245 g/mol. The fourth-order valence-electron chi connectivity index (χ4n) is 2.03. The maximum absolute atomic E-state index is 5.47. The van der Waals surface area contributed by atoms with Gasteiger partial charge < -0.3 is 14.8 Å². The Morgan fingerprint density at radius 1 is 1.12 bits per heavy atom. The molecule has 0 heterocycles. The Morgan fingerprint density at radius 3 is 2.47 bits per heavy atom. The van der Waals surface area contributed by atoms with Crippen LogP contribution in [0.15, 0.2) is 0 Å². The lowest BCUT2D eigenvalue weighted by molar-refractivity contribution is 0.0667. The zero-order valence-electron chi connectivity index (χ0n) is 12.1. The van der Waals surface area contributed by atoms with Gasteiger partial charge in [-0.05, 0) is 38.1 Å². The van der Waals surface area contributed by atoms with Crippen LogP contribution >= 0.6 is 0 Å². The molecule has 17 heavy (non-hydrogen) atoms. The van der Waals surface area contributed by atoms with Crippen molar-refractivity contribution < 1.29 is 9.47 Å². The average Bonchev–Trinajstić information content (AvgIpc) is 2.34. The lowest BCUT2D eigenvalue weighted by Gasteiger charge is -2.24. The standard InChI is InChI=1S/C14H31NO2/c1-5-9-15-14(6-2)13(3)8-7-10-17-12-11-16-4/h13-15H,5-12H2,1-4H3. The summed E-state index contributed by atoms with van der Waals surface area (Å²) in [7, 11) is 1.71. The molecular formula is C14H31NO2. The average molecular weight is 245 g/mol. The van der Waals surface area contributed by atoms with Gasteiger partial charge in [-0.25, -0.2) is 0 Å². The predicted molar refractivity (Wildman–Crippen MR) is 73.5 cm³/mol. The minimum absolute atomic E-state index is 0.661. The molecule has 0 radical (unpaired) electrons. The smallest absolute Gasteiger partial charge is 0.0700 e. The molecule has 0 spiro atoms. The Morgan fingerprint density at radius 2 is 1.88 bits per heavy atom. The zero-order chi connectivity index (χ0) is 12.9. The topological polar surface area (TPSA) is 30.5 Å². The molecule has 3 heteroatoms. The molecule has 2 atom stereocenters. The van der Waals surface area contributed by atoms with Gasteiger partial charge in [-0.2, -0.15) is 0 Å². The molecule has 0 bridgehead atoms. The van der Waals surface area contributed by atoms with Gasteiger partial charge in [0.25, 0.3) is 0 Å². The molecule has 2 unspecified atom stereocenters. The van der Waals surface area contributed by atoms with E-state index in [0.29, 0.717) is 12.6 Å². The Hall–Kier alpha value is -0.120. The van der Waals surface area contributed by atoms with Crippen LogP contribution in [0.3, 0.4) is 0 Å². The van der Waals surface area contributed by atoms with E-state index in [4.69, 9.17) is 9.47 Å². The van der Waals surface area contributed by atoms with Crippen molar-refractivity contribution in [2.45, 2.75) is 52.5 Å². The van der Waals surface area contributed by atoms with E-state index >= 15 is 0 Å². The highest BCUT2D eigenvalue weighted by atomic mass is 16.5. The van der Waals surface area contributed by atoms with Crippen LogP contribution in [0.25, 0.3) is 0 Å². The van der Waals surface area contributed by atoms with Crippen LogP contribution in [0.2, 0.25) is 0 Å². The lowest BCUT2D eigenvalue weighted by Crippen LogP contribution is -2.35. The van der Waals surface area contributed by atoms with Crippen molar-refractivity contribution in [1.82, 2.24) is 5.32 Å². The van der Waals surface area contributed by atoms with E-state index in [-0.39, 0.29) is 0 Å². The predicted octanol–water partition coefficient (Wildman–Crippen LogP) is 2.84. The van der Waals surface area contributed by atoms with Crippen LogP contribution in [0.5, 0.6) is 0 Å². The van der Waals surface area contributed by atoms with Crippen molar-refractivity contribution in [2.24, 2.45) is 5.92 Å². The van der Waals surface area contributed by atoms with Crippen molar-refractivity contribution >= 4 is 0 Å². The van der Waals surface area contributed by atoms with Crippen molar-refractivity contribution in [2.75, 3.05) is 33.5 Å². The first-order chi connectivity index (χ1) is 8.26. The van der Waals surface area contributed by atoms with E-state index < -0.39 is 0 Å². The summed E-state index contributed by atoms with van der Waals surface area (Å²) in [6.07, 6.45) is 4.81. The van der Waals surface area contributed by atoms with E-state index in [1.165, 1.54) is 19.3 Å². The number of hydrogen-bond donors (Lipinski definition) is 1. The quantitative estimate of drug-likeness (QED) is 0.536. The molecule has 1 N–H and O–H groups in total. The Balaban J connectivity index is 3.50. The van der Waals surface area contributed by atoms with Crippen LogP contribution in [0, 0.1) is 5.92 Å². The molecule has 104 valence electrons. The maximum atomic E-state index is 5.47. The maximum Gasteiger partial charge on any atom is 0.0700 e. The highest BCUT2D eigenvalue weighted by Crippen LogP contribution is 2.13. The molecule has 0 saturated heterocycles. The summed E-state index contributed by atoms with van der Waals surface area (Å²) in [6, 6.07) is 0.661. The fraction of sp³-hybridized carbons (Fsp3) is 1.00. The number of hydrogen-bond acceptors (Lipinski definition) is 3. The third kappa shape index (κ3) is 9.57. The molecule has 0 aliphatic rings. The SMILES string of the molecule is CCCNC(CC)C(C)CCCOCCOC. The summed E-state index contributed by atoms with van der Waals surface area (Å²) in [4.78, 5) is 0. The molecule has 0 amide bonds. The molecule has 0 rings (SSSR count). The third-order valence-electron chi connectivity index (χ3n) is 3.16. The molecule has 0 aromatic rings. The molecule has 0 aliphatic heterocycles. The molecule has 0 aromatic carbocycles. The minimum Gasteiger partial charge on any atom is -0.382 e. The summed E-state index contributed by atoms with van der Waals surface area (Å²) in [5.41, 5.74) is 0. The molecule has 0 fully saturated rings. The lowest BCUT2D eigenvalue weighted by atomic mass is 9.94. The number of methoxy groups -OCH3 is 1. The van der Waals surface area contributed by atoms with Crippen molar-refractivity contribution in [3.8, 4) is 0 Å². The van der Waals surface area contributed by atoms with Crippen molar-refractivity contribution in [3.63, 3.8) is 0 Å². The second-order valence-corrected chi connectivity index (χ2v) is 4.69. The zero-order valence-corrected chi connectivity index (χ0v) is 12.1. The van der Waals surface area contributed by atoms with Gasteiger partial charge in [-0.1, -0.05) is 20.8 Å². The van der Waals surface area contributed by atoms with E-state index in [1.807, 2.05) is 0 Å².